The van der Waals surface area contributed by atoms with Crippen molar-refractivity contribution in [3.8, 4) is 11.3 Å². The molecular formula is C15H18IN3O. The van der Waals surface area contributed by atoms with Crippen molar-refractivity contribution in [2.75, 3.05) is 19.0 Å². The lowest BCUT2D eigenvalue weighted by Gasteiger charge is -2.15. The number of halogens is 1. The van der Waals surface area contributed by atoms with Gasteiger partial charge in [0.1, 0.15) is 11.9 Å². The average molecular weight is 383 g/mol. The molecule has 0 aliphatic rings. The largest absolute Gasteiger partial charge is 0.372 e. The van der Waals surface area contributed by atoms with E-state index in [2.05, 4.69) is 50.0 Å². The molecule has 1 aromatic heterocycles. The first-order valence-corrected chi connectivity index (χ1v) is 7.67. The first-order chi connectivity index (χ1) is 9.67. The standard InChI is InChI=1S/C15H18IN3O/c1-4-20-10(2)14-18-13(11-8-6-5-7-9-11)12(16)15(17-3)19-14/h5-10H,4H2,1-3H3,(H,17,18,19). The summed E-state index contributed by atoms with van der Waals surface area (Å²) in [6.45, 7) is 4.59. The van der Waals surface area contributed by atoms with E-state index in [9.17, 15) is 0 Å². The van der Waals surface area contributed by atoms with Gasteiger partial charge in [0.05, 0.1) is 9.26 Å². The summed E-state index contributed by atoms with van der Waals surface area (Å²) in [4.78, 5) is 9.23. The van der Waals surface area contributed by atoms with Crippen molar-refractivity contribution in [2.45, 2.75) is 20.0 Å². The van der Waals surface area contributed by atoms with Gasteiger partial charge in [-0.15, -0.1) is 0 Å². The van der Waals surface area contributed by atoms with E-state index in [0.29, 0.717) is 12.4 Å². The minimum Gasteiger partial charge on any atom is -0.372 e. The van der Waals surface area contributed by atoms with E-state index in [1.165, 1.54) is 0 Å². The molecule has 1 aromatic carbocycles. The van der Waals surface area contributed by atoms with E-state index in [1.807, 2.05) is 39.1 Å². The highest BCUT2D eigenvalue weighted by Gasteiger charge is 2.16. The fraction of sp³-hybridized carbons (Fsp3) is 0.333. The van der Waals surface area contributed by atoms with Crippen LogP contribution < -0.4 is 5.32 Å². The van der Waals surface area contributed by atoms with E-state index < -0.39 is 0 Å². The molecule has 0 radical (unpaired) electrons. The minimum absolute atomic E-state index is 0.119. The molecule has 0 saturated heterocycles. The van der Waals surface area contributed by atoms with Crippen LogP contribution in [0, 0.1) is 3.57 Å². The molecule has 0 amide bonds. The second-order valence-electron chi connectivity index (χ2n) is 4.31. The normalized spacial score (nSPS) is 12.2. The Morgan fingerprint density at radius 3 is 2.55 bits per heavy atom. The Morgan fingerprint density at radius 1 is 1.25 bits per heavy atom. The summed E-state index contributed by atoms with van der Waals surface area (Å²) in [5.41, 5.74) is 2.02. The van der Waals surface area contributed by atoms with Crippen molar-refractivity contribution in [3.05, 3.63) is 39.7 Å². The molecule has 5 heteroatoms. The summed E-state index contributed by atoms with van der Waals surface area (Å²) in [5, 5.41) is 3.13. The van der Waals surface area contributed by atoms with Crippen LogP contribution in [0.1, 0.15) is 25.8 Å². The zero-order chi connectivity index (χ0) is 14.5. The van der Waals surface area contributed by atoms with E-state index in [1.54, 1.807) is 0 Å². The molecular weight excluding hydrogens is 365 g/mol. The lowest BCUT2D eigenvalue weighted by molar-refractivity contribution is 0.0702. The summed E-state index contributed by atoms with van der Waals surface area (Å²) in [6.07, 6.45) is -0.119. The Morgan fingerprint density at radius 2 is 1.95 bits per heavy atom. The summed E-state index contributed by atoms with van der Waals surface area (Å²) in [7, 11) is 1.87. The van der Waals surface area contributed by atoms with Crippen molar-refractivity contribution < 1.29 is 4.74 Å². The number of nitrogens with one attached hydrogen (secondary N) is 1. The van der Waals surface area contributed by atoms with Crippen LogP contribution >= 0.6 is 22.6 Å². The van der Waals surface area contributed by atoms with Crippen LogP contribution in [0.15, 0.2) is 30.3 Å². The highest BCUT2D eigenvalue weighted by atomic mass is 127. The van der Waals surface area contributed by atoms with Gasteiger partial charge in [-0.3, -0.25) is 0 Å². The second-order valence-corrected chi connectivity index (χ2v) is 5.39. The zero-order valence-electron chi connectivity index (χ0n) is 11.9. The maximum Gasteiger partial charge on any atom is 0.159 e. The van der Waals surface area contributed by atoms with Gasteiger partial charge in [-0.1, -0.05) is 30.3 Å². The summed E-state index contributed by atoms with van der Waals surface area (Å²) < 4.78 is 6.62. The Labute approximate surface area is 133 Å². The number of ether oxygens (including phenoxy) is 1. The molecule has 0 fully saturated rings. The van der Waals surface area contributed by atoms with Crippen molar-refractivity contribution in [1.82, 2.24) is 9.97 Å². The van der Waals surface area contributed by atoms with Gasteiger partial charge >= 0.3 is 0 Å². The third-order valence-corrected chi connectivity index (χ3v) is 3.95. The number of hydrogen-bond donors (Lipinski definition) is 1. The Kier molecular flexibility index (Phi) is 5.31. The fourth-order valence-corrected chi connectivity index (χ4v) is 2.75. The van der Waals surface area contributed by atoms with E-state index in [-0.39, 0.29) is 6.10 Å². The molecule has 1 heterocycles. The molecule has 4 nitrogen and oxygen atoms in total. The predicted molar refractivity (Wildman–Crippen MR) is 89.8 cm³/mol. The molecule has 20 heavy (non-hydrogen) atoms. The average Bonchev–Trinajstić information content (AvgIpc) is 2.48. The molecule has 2 rings (SSSR count). The maximum atomic E-state index is 5.60. The van der Waals surface area contributed by atoms with E-state index in [0.717, 1.165) is 20.6 Å². The third-order valence-electron chi connectivity index (χ3n) is 2.93. The van der Waals surface area contributed by atoms with Crippen molar-refractivity contribution in [1.29, 1.82) is 0 Å². The van der Waals surface area contributed by atoms with Crippen molar-refractivity contribution >= 4 is 28.4 Å². The fourth-order valence-electron chi connectivity index (χ4n) is 1.92. The van der Waals surface area contributed by atoms with Gasteiger partial charge in [0.15, 0.2) is 5.82 Å². The Balaban J connectivity index is 2.53. The summed E-state index contributed by atoms with van der Waals surface area (Å²) in [5.74, 6) is 1.54. The Bertz CT molecular complexity index is 575. The van der Waals surface area contributed by atoms with Gasteiger partial charge in [0.2, 0.25) is 0 Å². The second kappa shape index (κ2) is 6.99. The molecule has 2 aromatic rings. The van der Waals surface area contributed by atoms with Crippen molar-refractivity contribution in [2.24, 2.45) is 0 Å². The number of hydrogen-bond acceptors (Lipinski definition) is 4. The van der Waals surface area contributed by atoms with Gasteiger partial charge in [0, 0.05) is 19.2 Å². The SMILES string of the molecule is CCOC(C)c1nc(NC)c(I)c(-c2ccccc2)n1. The molecule has 1 N–H and O–H groups in total. The number of rotatable bonds is 5. The number of benzene rings is 1. The van der Waals surface area contributed by atoms with Crippen LogP contribution in [0.2, 0.25) is 0 Å². The number of nitrogens with zero attached hydrogens (tertiary/aromatic N) is 2. The van der Waals surface area contributed by atoms with Crippen LogP contribution in [0.4, 0.5) is 5.82 Å². The van der Waals surface area contributed by atoms with E-state index >= 15 is 0 Å². The highest BCUT2D eigenvalue weighted by molar-refractivity contribution is 14.1. The lowest BCUT2D eigenvalue weighted by atomic mass is 10.1. The van der Waals surface area contributed by atoms with Crippen LogP contribution in [0.3, 0.4) is 0 Å². The van der Waals surface area contributed by atoms with Gasteiger partial charge in [-0.05, 0) is 36.4 Å². The molecule has 106 valence electrons. The quantitative estimate of drug-likeness (QED) is 0.796. The molecule has 0 bridgehead atoms. The third kappa shape index (κ3) is 3.27. The monoisotopic (exact) mass is 383 g/mol. The molecule has 1 unspecified atom stereocenters. The van der Waals surface area contributed by atoms with Crippen LogP contribution in [0.5, 0.6) is 0 Å². The predicted octanol–water partition coefficient (Wildman–Crippen LogP) is 3.89. The highest BCUT2D eigenvalue weighted by Crippen LogP contribution is 2.29. The minimum atomic E-state index is -0.119. The van der Waals surface area contributed by atoms with Crippen LogP contribution in [-0.4, -0.2) is 23.6 Å². The molecule has 0 saturated carbocycles. The first kappa shape index (κ1) is 15.2. The molecule has 0 aliphatic carbocycles. The zero-order valence-corrected chi connectivity index (χ0v) is 14.0. The number of aromatic nitrogens is 2. The summed E-state index contributed by atoms with van der Waals surface area (Å²) >= 11 is 2.28. The van der Waals surface area contributed by atoms with E-state index in [4.69, 9.17) is 4.74 Å². The molecule has 1 atom stereocenters. The van der Waals surface area contributed by atoms with Crippen LogP contribution in [-0.2, 0) is 4.74 Å². The topological polar surface area (TPSA) is 47.0 Å². The first-order valence-electron chi connectivity index (χ1n) is 6.59. The number of anilines is 1. The summed E-state index contributed by atoms with van der Waals surface area (Å²) in [6, 6.07) is 10.1. The Hall–Kier alpha value is -1.21. The van der Waals surface area contributed by atoms with Gasteiger partial charge in [0.25, 0.3) is 0 Å². The van der Waals surface area contributed by atoms with Gasteiger partial charge in [-0.25, -0.2) is 9.97 Å². The smallest absolute Gasteiger partial charge is 0.159 e. The molecule has 0 spiro atoms. The van der Waals surface area contributed by atoms with Crippen molar-refractivity contribution in [3.63, 3.8) is 0 Å². The van der Waals surface area contributed by atoms with Gasteiger partial charge in [-0.2, -0.15) is 0 Å². The maximum absolute atomic E-state index is 5.60. The van der Waals surface area contributed by atoms with Gasteiger partial charge < -0.3 is 10.1 Å². The molecule has 0 aliphatic heterocycles. The van der Waals surface area contributed by atoms with Crippen LogP contribution in [0.25, 0.3) is 11.3 Å². The lowest BCUT2D eigenvalue weighted by Crippen LogP contribution is -2.10.